The summed E-state index contributed by atoms with van der Waals surface area (Å²) in [5, 5.41) is 7.73. The zero-order chi connectivity index (χ0) is 20.4. The van der Waals surface area contributed by atoms with E-state index in [0.29, 0.717) is 16.6 Å². The first-order valence-electron chi connectivity index (χ1n) is 10.1. The molecule has 2 aliphatic rings. The number of pyridine rings is 1. The topological polar surface area (TPSA) is 80.5 Å². The van der Waals surface area contributed by atoms with E-state index in [2.05, 4.69) is 40.3 Å². The van der Waals surface area contributed by atoms with Gasteiger partial charge in [0, 0.05) is 37.0 Å². The summed E-state index contributed by atoms with van der Waals surface area (Å²) in [6, 6.07) is 5.45. The summed E-state index contributed by atoms with van der Waals surface area (Å²) in [4.78, 5) is 18.7. The first-order chi connectivity index (χ1) is 13.9. The van der Waals surface area contributed by atoms with Gasteiger partial charge in [-0.15, -0.1) is 0 Å². The van der Waals surface area contributed by atoms with E-state index in [1.54, 1.807) is 18.3 Å². The molecule has 1 amide bonds. The van der Waals surface area contributed by atoms with E-state index < -0.39 is 0 Å². The summed E-state index contributed by atoms with van der Waals surface area (Å²) in [6.07, 6.45) is 3.32. The highest BCUT2D eigenvalue weighted by Gasteiger charge is 2.48. The lowest BCUT2D eigenvalue weighted by molar-refractivity contribution is 0.0138. The van der Waals surface area contributed by atoms with Crippen molar-refractivity contribution in [1.82, 2.24) is 20.4 Å². The number of ether oxygens (including phenoxy) is 1. The molecule has 1 N–H and O–H groups in total. The van der Waals surface area contributed by atoms with Crippen LogP contribution in [0.1, 0.15) is 42.1 Å². The fraction of sp³-hybridized carbons (Fsp3) is 0.571. The summed E-state index contributed by atoms with van der Waals surface area (Å²) in [5.41, 5.74) is 1.50. The number of aromatic nitrogens is 2. The Morgan fingerprint density at radius 1 is 1.34 bits per heavy atom. The van der Waals surface area contributed by atoms with Crippen LogP contribution in [-0.4, -0.2) is 53.3 Å². The van der Waals surface area contributed by atoms with Crippen molar-refractivity contribution in [2.75, 3.05) is 26.3 Å². The second-order valence-corrected chi connectivity index (χ2v) is 8.91. The third-order valence-electron chi connectivity index (χ3n) is 6.31. The molecule has 1 aliphatic carbocycles. The normalized spacial score (nSPS) is 24.1. The molecule has 3 heterocycles. The van der Waals surface area contributed by atoms with E-state index in [1.165, 1.54) is 0 Å². The van der Waals surface area contributed by atoms with Crippen LogP contribution in [0.2, 0.25) is 5.15 Å². The Bertz CT molecular complexity index is 863. The minimum Gasteiger partial charge on any atom is -0.379 e. The molecule has 0 unspecified atom stereocenters. The smallest absolute Gasteiger partial charge is 0.251 e. The summed E-state index contributed by atoms with van der Waals surface area (Å²) in [5.74, 6) is 1.23. The van der Waals surface area contributed by atoms with Gasteiger partial charge in [0.1, 0.15) is 5.15 Å². The highest BCUT2D eigenvalue weighted by Crippen LogP contribution is 2.47. The van der Waals surface area contributed by atoms with Gasteiger partial charge in [0.25, 0.3) is 5.91 Å². The average Bonchev–Trinajstić information content (AvgIpc) is 3.15. The SMILES string of the molecule is CC1(C)[C@H](Cc2cc(CN3CCOCC3)on2)C[C@@H]1NC(=O)c1ccnc(Cl)c1. The van der Waals surface area contributed by atoms with E-state index in [0.717, 1.165) is 57.1 Å². The molecule has 156 valence electrons. The fourth-order valence-electron chi connectivity index (χ4n) is 4.15. The molecule has 0 bridgehead atoms. The van der Waals surface area contributed by atoms with Crippen molar-refractivity contribution < 1.29 is 14.1 Å². The number of hydrogen-bond donors (Lipinski definition) is 1. The molecule has 0 spiro atoms. The Kier molecular flexibility index (Phi) is 5.90. The number of carbonyl (C=O) groups is 1. The molecule has 8 heteroatoms. The Hall–Kier alpha value is -1.96. The summed E-state index contributed by atoms with van der Waals surface area (Å²) >= 11 is 5.89. The molecule has 1 saturated heterocycles. The molecule has 29 heavy (non-hydrogen) atoms. The number of rotatable bonds is 6. The number of hydrogen-bond acceptors (Lipinski definition) is 6. The van der Waals surface area contributed by atoms with Crippen LogP contribution in [0.5, 0.6) is 0 Å². The molecular weight excluding hydrogens is 392 g/mol. The zero-order valence-corrected chi connectivity index (χ0v) is 17.6. The third-order valence-corrected chi connectivity index (χ3v) is 6.52. The third kappa shape index (κ3) is 4.63. The first kappa shape index (κ1) is 20.3. The molecule has 2 aromatic rings. The van der Waals surface area contributed by atoms with Crippen LogP contribution in [0.25, 0.3) is 0 Å². The van der Waals surface area contributed by atoms with Crippen molar-refractivity contribution >= 4 is 17.5 Å². The van der Waals surface area contributed by atoms with Crippen LogP contribution in [0.3, 0.4) is 0 Å². The summed E-state index contributed by atoms with van der Waals surface area (Å²) < 4.78 is 10.9. The summed E-state index contributed by atoms with van der Waals surface area (Å²) in [7, 11) is 0. The lowest BCUT2D eigenvalue weighted by Gasteiger charge is -2.52. The molecule has 0 aromatic carbocycles. The molecule has 0 radical (unpaired) electrons. The number of nitrogens with zero attached hydrogens (tertiary/aromatic N) is 3. The second-order valence-electron chi connectivity index (χ2n) is 8.52. The van der Waals surface area contributed by atoms with E-state index in [9.17, 15) is 4.79 Å². The van der Waals surface area contributed by atoms with Crippen molar-refractivity contribution in [2.24, 2.45) is 11.3 Å². The molecule has 4 rings (SSSR count). The van der Waals surface area contributed by atoms with E-state index in [-0.39, 0.29) is 17.4 Å². The molecule has 2 aromatic heterocycles. The van der Waals surface area contributed by atoms with E-state index >= 15 is 0 Å². The Balaban J connectivity index is 1.30. The standard InChI is InChI=1S/C21H27ClN4O3/c1-21(2)15(11-18(21)24-20(27)14-3-4-23-19(22)9-14)10-16-12-17(29-25-16)13-26-5-7-28-8-6-26/h3-4,9,12,15,18H,5-8,10-11,13H2,1-2H3,(H,24,27)/t15-,18+/m1/s1. The maximum absolute atomic E-state index is 12.5. The number of morpholine rings is 1. The average molecular weight is 419 g/mol. The highest BCUT2D eigenvalue weighted by molar-refractivity contribution is 6.29. The number of halogens is 1. The Morgan fingerprint density at radius 2 is 2.14 bits per heavy atom. The quantitative estimate of drug-likeness (QED) is 0.726. The van der Waals surface area contributed by atoms with Crippen LogP contribution >= 0.6 is 11.6 Å². The zero-order valence-electron chi connectivity index (χ0n) is 16.9. The lowest BCUT2D eigenvalue weighted by atomic mass is 9.57. The van der Waals surface area contributed by atoms with Gasteiger partial charge in [0.05, 0.1) is 25.5 Å². The van der Waals surface area contributed by atoms with Gasteiger partial charge in [-0.25, -0.2) is 4.98 Å². The van der Waals surface area contributed by atoms with Gasteiger partial charge < -0.3 is 14.6 Å². The van der Waals surface area contributed by atoms with Gasteiger partial charge in [0.15, 0.2) is 5.76 Å². The molecule has 1 aliphatic heterocycles. The van der Waals surface area contributed by atoms with E-state index in [1.807, 2.05) is 0 Å². The Labute approximate surface area is 175 Å². The van der Waals surface area contributed by atoms with Crippen LogP contribution in [0.4, 0.5) is 0 Å². The van der Waals surface area contributed by atoms with Gasteiger partial charge >= 0.3 is 0 Å². The minimum atomic E-state index is -0.111. The van der Waals surface area contributed by atoms with Crippen LogP contribution < -0.4 is 5.32 Å². The minimum absolute atomic E-state index is 0.0180. The predicted octanol–water partition coefficient (Wildman–Crippen LogP) is 2.94. The van der Waals surface area contributed by atoms with Gasteiger partial charge in [0.2, 0.25) is 0 Å². The van der Waals surface area contributed by atoms with Gasteiger partial charge in [-0.3, -0.25) is 9.69 Å². The van der Waals surface area contributed by atoms with Gasteiger partial charge in [-0.05, 0) is 36.3 Å². The number of nitrogens with one attached hydrogen (secondary N) is 1. The van der Waals surface area contributed by atoms with Crippen LogP contribution in [-0.2, 0) is 17.7 Å². The first-order valence-corrected chi connectivity index (χ1v) is 10.5. The number of amides is 1. The highest BCUT2D eigenvalue weighted by atomic mass is 35.5. The second kappa shape index (κ2) is 8.42. The van der Waals surface area contributed by atoms with Crippen molar-refractivity contribution in [1.29, 1.82) is 0 Å². The lowest BCUT2D eigenvalue weighted by Crippen LogP contribution is -2.58. The molecular formula is C21H27ClN4O3. The van der Waals surface area contributed by atoms with Crippen molar-refractivity contribution in [3.63, 3.8) is 0 Å². The Morgan fingerprint density at radius 3 is 2.86 bits per heavy atom. The molecule has 1 saturated carbocycles. The van der Waals surface area contributed by atoms with Crippen LogP contribution in [0.15, 0.2) is 28.9 Å². The molecule has 2 fully saturated rings. The maximum atomic E-state index is 12.5. The predicted molar refractivity (Wildman–Crippen MR) is 109 cm³/mol. The van der Waals surface area contributed by atoms with Gasteiger partial charge in [-0.2, -0.15) is 0 Å². The number of carbonyl (C=O) groups excluding carboxylic acids is 1. The summed E-state index contributed by atoms with van der Waals surface area (Å²) in [6.45, 7) is 8.57. The molecule has 7 nitrogen and oxygen atoms in total. The van der Waals surface area contributed by atoms with Crippen molar-refractivity contribution in [3.05, 3.63) is 46.6 Å². The van der Waals surface area contributed by atoms with Crippen molar-refractivity contribution in [3.8, 4) is 0 Å². The van der Waals surface area contributed by atoms with E-state index in [4.69, 9.17) is 20.9 Å². The van der Waals surface area contributed by atoms with Crippen LogP contribution in [0, 0.1) is 11.3 Å². The van der Waals surface area contributed by atoms with Gasteiger partial charge in [-0.1, -0.05) is 30.6 Å². The maximum Gasteiger partial charge on any atom is 0.251 e. The fourth-order valence-corrected chi connectivity index (χ4v) is 4.33. The largest absolute Gasteiger partial charge is 0.379 e. The molecule has 2 atom stereocenters. The van der Waals surface area contributed by atoms with Crippen molar-refractivity contribution in [2.45, 2.75) is 39.3 Å². The monoisotopic (exact) mass is 418 g/mol.